The molecule has 0 fully saturated rings. The van der Waals surface area contributed by atoms with Crippen LogP contribution < -0.4 is 11.5 Å². The van der Waals surface area contributed by atoms with Crippen molar-refractivity contribution in [2.45, 2.75) is 6.42 Å². The topological polar surface area (TPSA) is 95.2 Å². The summed E-state index contributed by atoms with van der Waals surface area (Å²) in [4.78, 5) is 9.84. The van der Waals surface area contributed by atoms with E-state index in [4.69, 9.17) is 5.73 Å². The van der Waals surface area contributed by atoms with Gasteiger partial charge in [0.2, 0.25) is 0 Å². The third-order valence-corrected chi connectivity index (χ3v) is 1.58. The lowest BCUT2D eigenvalue weighted by molar-refractivity contribution is -0.384. The van der Waals surface area contributed by atoms with Gasteiger partial charge in [0.05, 0.1) is 4.92 Å². The first-order chi connectivity index (χ1) is 6.74. The fourth-order valence-corrected chi connectivity index (χ4v) is 0.951. The second-order valence-corrected chi connectivity index (χ2v) is 2.46. The molecule has 1 aromatic rings. The Hall–Kier alpha value is -1.46. The molecular weight excluding hydrogens is 182 g/mol. The van der Waals surface area contributed by atoms with Gasteiger partial charge in [0.25, 0.3) is 5.69 Å². The maximum absolute atomic E-state index is 10.3. The van der Waals surface area contributed by atoms with Crippen molar-refractivity contribution in [1.29, 1.82) is 0 Å². The van der Waals surface area contributed by atoms with Crippen LogP contribution >= 0.6 is 0 Å². The molecule has 0 radical (unpaired) electrons. The summed E-state index contributed by atoms with van der Waals surface area (Å²) in [5.74, 6) is 0. The molecule has 0 aliphatic rings. The minimum atomic E-state index is -0.410. The maximum Gasteiger partial charge on any atom is 0.269 e. The Morgan fingerprint density at radius 1 is 1.29 bits per heavy atom. The van der Waals surface area contributed by atoms with Gasteiger partial charge >= 0.3 is 0 Å². The monoisotopic (exact) mass is 197 g/mol. The first kappa shape index (κ1) is 12.5. The van der Waals surface area contributed by atoms with E-state index in [9.17, 15) is 10.1 Å². The summed E-state index contributed by atoms with van der Waals surface area (Å²) in [6.45, 7) is 0.567. The molecule has 0 unspecified atom stereocenters. The van der Waals surface area contributed by atoms with Crippen LogP contribution in [-0.2, 0) is 6.42 Å². The van der Waals surface area contributed by atoms with Crippen molar-refractivity contribution in [3.8, 4) is 0 Å². The highest BCUT2D eigenvalue weighted by molar-refractivity contribution is 5.32. The van der Waals surface area contributed by atoms with Gasteiger partial charge in [-0.05, 0) is 25.6 Å². The van der Waals surface area contributed by atoms with Crippen LogP contribution in [0.2, 0.25) is 0 Å². The summed E-state index contributed by atoms with van der Waals surface area (Å²) < 4.78 is 0. The molecule has 0 aliphatic carbocycles. The summed E-state index contributed by atoms with van der Waals surface area (Å²) in [6.07, 6.45) is 0.762. The SMILES string of the molecule is CN.NCCc1ccc([N+](=O)[O-])cc1. The summed E-state index contributed by atoms with van der Waals surface area (Å²) in [6, 6.07) is 6.44. The number of nitrogens with two attached hydrogens (primary N) is 2. The highest BCUT2D eigenvalue weighted by Gasteiger charge is 2.02. The van der Waals surface area contributed by atoms with Gasteiger partial charge in [-0.15, -0.1) is 0 Å². The number of rotatable bonds is 3. The second-order valence-electron chi connectivity index (χ2n) is 2.46. The molecule has 0 heterocycles. The highest BCUT2D eigenvalue weighted by atomic mass is 16.6. The normalized spacial score (nSPS) is 8.79. The van der Waals surface area contributed by atoms with Crippen LogP contribution in [0.4, 0.5) is 5.69 Å². The number of nitrogens with zero attached hydrogens (tertiary/aromatic N) is 1. The molecule has 0 aromatic heterocycles. The van der Waals surface area contributed by atoms with Crippen LogP contribution in [0.5, 0.6) is 0 Å². The smallest absolute Gasteiger partial charge is 0.269 e. The molecule has 4 N–H and O–H groups in total. The quantitative estimate of drug-likeness (QED) is 0.550. The molecule has 78 valence electrons. The van der Waals surface area contributed by atoms with Gasteiger partial charge in [0, 0.05) is 12.1 Å². The largest absolute Gasteiger partial charge is 0.333 e. The van der Waals surface area contributed by atoms with Gasteiger partial charge in [-0.3, -0.25) is 10.1 Å². The lowest BCUT2D eigenvalue weighted by Crippen LogP contribution is -2.02. The molecule has 5 heteroatoms. The summed E-state index contributed by atoms with van der Waals surface area (Å²) >= 11 is 0. The van der Waals surface area contributed by atoms with Crippen LogP contribution in [0.1, 0.15) is 5.56 Å². The van der Waals surface area contributed by atoms with E-state index >= 15 is 0 Å². The van der Waals surface area contributed by atoms with Gasteiger partial charge in [-0.2, -0.15) is 0 Å². The first-order valence-electron chi connectivity index (χ1n) is 4.25. The molecule has 5 nitrogen and oxygen atoms in total. The van der Waals surface area contributed by atoms with Crippen LogP contribution in [0.25, 0.3) is 0 Å². The third-order valence-electron chi connectivity index (χ3n) is 1.58. The second kappa shape index (κ2) is 6.99. The molecular formula is C9H15N3O2. The van der Waals surface area contributed by atoms with Crippen LogP contribution in [0.3, 0.4) is 0 Å². The zero-order valence-corrected chi connectivity index (χ0v) is 8.14. The van der Waals surface area contributed by atoms with E-state index in [-0.39, 0.29) is 5.69 Å². The molecule has 0 saturated carbocycles. The Kier molecular flexibility index (Phi) is 6.26. The van der Waals surface area contributed by atoms with Crippen molar-refractivity contribution in [3.63, 3.8) is 0 Å². The molecule has 1 aromatic carbocycles. The van der Waals surface area contributed by atoms with E-state index in [1.807, 2.05) is 0 Å². The molecule has 0 atom stereocenters. The Balaban J connectivity index is 0.000000791. The molecule has 0 bridgehead atoms. The van der Waals surface area contributed by atoms with Gasteiger partial charge in [0.1, 0.15) is 0 Å². The fraction of sp³-hybridized carbons (Fsp3) is 0.333. The molecule has 0 amide bonds. The van der Waals surface area contributed by atoms with E-state index in [0.717, 1.165) is 12.0 Å². The maximum atomic E-state index is 10.3. The number of hydrogen-bond donors (Lipinski definition) is 2. The minimum Gasteiger partial charge on any atom is -0.333 e. The van der Waals surface area contributed by atoms with Gasteiger partial charge in [0.15, 0.2) is 0 Å². The van der Waals surface area contributed by atoms with Gasteiger partial charge in [-0.1, -0.05) is 12.1 Å². The summed E-state index contributed by atoms with van der Waals surface area (Å²) in [7, 11) is 1.50. The molecule has 0 aliphatic heterocycles. The molecule has 0 spiro atoms. The summed E-state index contributed by atoms with van der Waals surface area (Å²) in [5, 5.41) is 10.3. The predicted molar refractivity (Wildman–Crippen MR) is 56.0 cm³/mol. The van der Waals surface area contributed by atoms with E-state index in [0.29, 0.717) is 6.54 Å². The van der Waals surface area contributed by atoms with E-state index in [1.165, 1.54) is 19.2 Å². The fourth-order valence-electron chi connectivity index (χ4n) is 0.951. The Bertz CT molecular complexity index is 272. The average Bonchev–Trinajstić information content (AvgIpc) is 2.22. The predicted octanol–water partition coefficient (Wildman–Crippen LogP) is 0.671. The number of nitro groups is 1. The average molecular weight is 197 g/mol. The lowest BCUT2D eigenvalue weighted by Gasteiger charge is -1.96. The van der Waals surface area contributed by atoms with Crippen molar-refractivity contribution >= 4 is 5.69 Å². The van der Waals surface area contributed by atoms with Gasteiger partial charge in [-0.25, -0.2) is 0 Å². The van der Waals surface area contributed by atoms with Gasteiger partial charge < -0.3 is 11.5 Å². The molecule has 0 saturated heterocycles. The molecule has 1 rings (SSSR count). The lowest BCUT2D eigenvalue weighted by atomic mass is 10.1. The summed E-state index contributed by atoms with van der Waals surface area (Å²) in [5.41, 5.74) is 11.0. The number of benzene rings is 1. The third kappa shape index (κ3) is 3.97. The minimum absolute atomic E-state index is 0.121. The van der Waals surface area contributed by atoms with E-state index in [2.05, 4.69) is 5.73 Å². The number of nitro benzene ring substituents is 1. The Morgan fingerprint density at radius 2 is 1.79 bits per heavy atom. The highest BCUT2D eigenvalue weighted by Crippen LogP contribution is 2.11. The standard InChI is InChI=1S/C8H10N2O2.CH5N/c9-6-5-7-1-3-8(4-2-7)10(11)12;1-2/h1-4H,5-6,9H2;2H2,1H3. The van der Waals surface area contributed by atoms with Crippen molar-refractivity contribution in [3.05, 3.63) is 39.9 Å². The van der Waals surface area contributed by atoms with Crippen LogP contribution in [-0.4, -0.2) is 18.5 Å². The van der Waals surface area contributed by atoms with E-state index < -0.39 is 4.92 Å². The Labute approximate surface area is 82.9 Å². The Morgan fingerprint density at radius 3 is 2.14 bits per heavy atom. The zero-order valence-electron chi connectivity index (χ0n) is 8.14. The first-order valence-corrected chi connectivity index (χ1v) is 4.25. The molecule has 14 heavy (non-hydrogen) atoms. The van der Waals surface area contributed by atoms with Crippen molar-refractivity contribution in [2.75, 3.05) is 13.6 Å². The van der Waals surface area contributed by atoms with Crippen molar-refractivity contribution < 1.29 is 4.92 Å². The van der Waals surface area contributed by atoms with Crippen LogP contribution in [0, 0.1) is 10.1 Å². The number of non-ortho nitro benzene ring substituents is 1. The zero-order chi connectivity index (χ0) is 11.0. The van der Waals surface area contributed by atoms with E-state index in [1.54, 1.807) is 12.1 Å². The number of hydrogen-bond acceptors (Lipinski definition) is 4. The van der Waals surface area contributed by atoms with Crippen LogP contribution in [0.15, 0.2) is 24.3 Å². The van der Waals surface area contributed by atoms with Crippen molar-refractivity contribution in [1.82, 2.24) is 0 Å². The van der Waals surface area contributed by atoms with Crippen molar-refractivity contribution in [2.24, 2.45) is 11.5 Å².